The molecule has 0 saturated heterocycles. The lowest BCUT2D eigenvalue weighted by molar-refractivity contribution is 0.379. The Bertz CT molecular complexity index is 469. The second-order valence-corrected chi connectivity index (χ2v) is 5.78. The van der Waals surface area contributed by atoms with Gasteiger partial charge in [0.25, 0.3) is 0 Å². The first kappa shape index (κ1) is 14.4. The number of anilines is 2. The number of hydrazine groups is 1. The number of nitrogens with two attached hydrogens (primary N) is 1. The van der Waals surface area contributed by atoms with Crippen LogP contribution in [0, 0.1) is 0 Å². The van der Waals surface area contributed by atoms with E-state index in [9.17, 15) is 8.42 Å². The maximum absolute atomic E-state index is 10.9. The highest BCUT2D eigenvalue weighted by Gasteiger charge is 2.06. The molecule has 0 bridgehead atoms. The number of sulfone groups is 1. The summed E-state index contributed by atoms with van der Waals surface area (Å²) >= 11 is 0. The summed E-state index contributed by atoms with van der Waals surface area (Å²) in [4.78, 5) is 11.7. The Balaban J connectivity index is 2.56. The van der Waals surface area contributed by atoms with Crippen LogP contribution in [-0.2, 0) is 9.84 Å². The summed E-state index contributed by atoms with van der Waals surface area (Å²) in [7, 11) is -1.53. The lowest BCUT2D eigenvalue weighted by atomic mass is 10.5. The number of hydrogen-bond acceptors (Lipinski definition) is 9. The highest BCUT2D eigenvalue weighted by molar-refractivity contribution is 7.90. The number of methoxy groups -OCH3 is 1. The van der Waals surface area contributed by atoms with E-state index in [0.29, 0.717) is 13.0 Å². The molecule has 1 aromatic rings. The quantitative estimate of drug-likeness (QED) is 0.326. The fourth-order valence-corrected chi connectivity index (χ4v) is 1.79. The van der Waals surface area contributed by atoms with E-state index < -0.39 is 9.84 Å². The van der Waals surface area contributed by atoms with Gasteiger partial charge in [-0.25, -0.2) is 14.3 Å². The Labute approximate surface area is 105 Å². The summed E-state index contributed by atoms with van der Waals surface area (Å²) in [6, 6.07) is 0.114. The molecule has 0 aliphatic carbocycles. The molecule has 10 heteroatoms. The van der Waals surface area contributed by atoms with Crippen molar-refractivity contribution in [3.8, 4) is 6.01 Å². The van der Waals surface area contributed by atoms with E-state index in [1.165, 1.54) is 13.4 Å². The summed E-state index contributed by atoms with van der Waals surface area (Å²) in [6.07, 6.45) is 1.65. The van der Waals surface area contributed by atoms with Gasteiger partial charge in [-0.2, -0.15) is 15.0 Å². The van der Waals surface area contributed by atoms with Gasteiger partial charge in [-0.05, 0) is 6.42 Å². The summed E-state index contributed by atoms with van der Waals surface area (Å²) < 4.78 is 26.7. The van der Waals surface area contributed by atoms with Crippen LogP contribution in [0.5, 0.6) is 6.01 Å². The van der Waals surface area contributed by atoms with Crippen LogP contribution in [0.25, 0.3) is 0 Å². The number of nitrogen functional groups attached to an aromatic ring is 1. The lowest BCUT2D eigenvalue weighted by Crippen LogP contribution is -2.15. The van der Waals surface area contributed by atoms with Crippen LogP contribution in [-0.4, -0.2) is 49.0 Å². The van der Waals surface area contributed by atoms with E-state index in [2.05, 4.69) is 25.7 Å². The zero-order valence-electron chi connectivity index (χ0n) is 10.2. The van der Waals surface area contributed by atoms with Crippen LogP contribution < -0.4 is 21.3 Å². The van der Waals surface area contributed by atoms with Crippen LogP contribution >= 0.6 is 0 Å². The fraction of sp³-hybridized carbons (Fsp3) is 0.625. The van der Waals surface area contributed by atoms with Gasteiger partial charge in [0, 0.05) is 12.8 Å². The molecule has 0 fully saturated rings. The van der Waals surface area contributed by atoms with Crippen molar-refractivity contribution < 1.29 is 13.2 Å². The predicted octanol–water partition coefficient (Wildman–Crippen LogP) is -0.988. The standard InChI is InChI=1S/C8H16N6O3S/c1-17-8-12-6(11-7(13-8)14-9)10-4-3-5-18(2,15)16/h3-5,9H2,1-2H3,(H2,10,11,12,13,14). The average molecular weight is 276 g/mol. The molecule has 18 heavy (non-hydrogen) atoms. The van der Waals surface area contributed by atoms with E-state index in [4.69, 9.17) is 10.6 Å². The van der Waals surface area contributed by atoms with Gasteiger partial charge in [0.1, 0.15) is 9.84 Å². The molecule has 0 radical (unpaired) electrons. The van der Waals surface area contributed by atoms with E-state index in [-0.39, 0.29) is 23.7 Å². The van der Waals surface area contributed by atoms with Gasteiger partial charge in [-0.3, -0.25) is 5.43 Å². The van der Waals surface area contributed by atoms with Crippen LogP contribution in [0.2, 0.25) is 0 Å². The minimum Gasteiger partial charge on any atom is -0.467 e. The second kappa shape index (κ2) is 6.31. The molecular formula is C8H16N6O3S. The first-order chi connectivity index (χ1) is 8.44. The van der Waals surface area contributed by atoms with Crippen molar-refractivity contribution in [3.63, 3.8) is 0 Å². The van der Waals surface area contributed by atoms with Gasteiger partial charge in [0.05, 0.1) is 12.9 Å². The molecule has 4 N–H and O–H groups in total. The third kappa shape index (κ3) is 5.10. The molecule has 1 heterocycles. The number of hydrogen-bond donors (Lipinski definition) is 3. The van der Waals surface area contributed by atoms with Gasteiger partial charge in [0.15, 0.2) is 0 Å². The van der Waals surface area contributed by atoms with Crippen molar-refractivity contribution in [2.75, 3.05) is 36.4 Å². The molecule has 0 amide bonds. The van der Waals surface area contributed by atoms with E-state index in [0.717, 1.165) is 0 Å². The molecule has 0 unspecified atom stereocenters. The number of nitrogens with one attached hydrogen (secondary N) is 2. The van der Waals surface area contributed by atoms with E-state index in [1.54, 1.807) is 0 Å². The number of rotatable bonds is 7. The summed E-state index contributed by atoms with van der Waals surface area (Å²) in [5, 5.41) is 2.86. The molecule has 1 aromatic heterocycles. The SMILES string of the molecule is COc1nc(NN)nc(NCCCS(C)(=O)=O)n1. The van der Waals surface area contributed by atoms with Crippen molar-refractivity contribution in [1.82, 2.24) is 15.0 Å². The number of ether oxygens (including phenoxy) is 1. The van der Waals surface area contributed by atoms with Crippen LogP contribution in [0.1, 0.15) is 6.42 Å². The second-order valence-electron chi connectivity index (χ2n) is 3.52. The molecule has 1 rings (SSSR count). The molecule has 9 nitrogen and oxygen atoms in total. The van der Waals surface area contributed by atoms with Crippen LogP contribution in [0.15, 0.2) is 0 Å². The molecule has 102 valence electrons. The van der Waals surface area contributed by atoms with E-state index >= 15 is 0 Å². The molecular weight excluding hydrogens is 260 g/mol. The highest BCUT2D eigenvalue weighted by atomic mass is 32.2. The van der Waals surface area contributed by atoms with Gasteiger partial charge < -0.3 is 10.1 Å². The Morgan fingerprint density at radius 1 is 1.28 bits per heavy atom. The smallest absolute Gasteiger partial charge is 0.322 e. The van der Waals surface area contributed by atoms with Crippen LogP contribution in [0.3, 0.4) is 0 Å². The van der Waals surface area contributed by atoms with Gasteiger partial charge in [0.2, 0.25) is 11.9 Å². The normalized spacial score (nSPS) is 11.1. The first-order valence-electron chi connectivity index (χ1n) is 5.13. The molecule has 0 aliphatic heterocycles. The minimum absolute atomic E-state index is 0.101. The Morgan fingerprint density at radius 3 is 2.50 bits per heavy atom. The monoisotopic (exact) mass is 276 g/mol. The maximum Gasteiger partial charge on any atom is 0.322 e. The molecule has 0 atom stereocenters. The van der Waals surface area contributed by atoms with Gasteiger partial charge >= 0.3 is 6.01 Å². The van der Waals surface area contributed by atoms with Crippen molar-refractivity contribution in [3.05, 3.63) is 0 Å². The highest BCUT2D eigenvalue weighted by Crippen LogP contribution is 2.09. The Hall–Kier alpha value is -1.68. The number of aromatic nitrogens is 3. The van der Waals surface area contributed by atoms with Gasteiger partial charge in [-0.1, -0.05) is 0 Å². The largest absolute Gasteiger partial charge is 0.467 e. The molecule has 0 spiro atoms. The van der Waals surface area contributed by atoms with Crippen molar-refractivity contribution in [1.29, 1.82) is 0 Å². The van der Waals surface area contributed by atoms with Crippen molar-refractivity contribution >= 4 is 21.7 Å². The molecule has 0 saturated carbocycles. The van der Waals surface area contributed by atoms with Crippen LogP contribution in [0.4, 0.5) is 11.9 Å². The summed E-state index contributed by atoms with van der Waals surface area (Å²) in [6.45, 7) is 0.421. The lowest BCUT2D eigenvalue weighted by Gasteiger charge is -2.07. The van der Waals surface area contributed by atoms with E-state index in [1.807, 2.05) is 0 Å². The van der Waals surface area contributed by atoms with Crippen molar-refractivity contribution in [2.45, 2.75) is 6.42 Å². The summed E-state index contributed by atoms with van der Waals surface area (Å²) in [5.74, 6) is 5.72. The fourth-order valence-electron chi connectivity index (χ4n) is 1.13. The topological polar surface area (TPSA) is 132 Å². The molecule has 0 aliphatic rings. The third-order valence-electron chi connectivity index (χ3n) is 1.90. The minimum atomic E-state index is -2.95. The Kier molecular flexibility index (Phi) is 5.04. The first-order valence-corrected chi connectivity index (χ1v) is 7.19. The predicted molar refractivity (Wildman–Crippen MR) is 67.0 cm³/mol. The zero-order valence-corrected chi connectivity index (χ0v) is 11.0. The van der Waals surface area contributed by atoms with Gasteiger partial charge in [-0.15, -0.1) is 0 Å². The Morgan fingerprint density at radius 2 is 1.94 bits per heavy atom. The maximum atomic E-state index is 10.9. The third-order valence-corrected chi connectivity index (χ3v) is 2.93. The average Bonchev–Trinajstić information content (AvgIpc) is 2.33. The number of nitrogens with zero attached hydrogens (tertiary/aromatic N) is 3. The van der Waals surface area contributed by atoms with Crippen molar-refractivity contribution in [2.24, 2.45) is 5.84 Å². The molecule has 0 aromatic carbocycles. The zero-order chi connectivity index (χ0) is 13.6. The summed E-state index contributed by atoms with van der Waals surface area (Å²) in [5.41, 5.74) is 2.28.